The number of nitrogens with one attached hydrogen (secondary N) is 3. The zero-order valence-electron chi connectivity index (χ0n) is 42.2. The molecule has 6 atom stereocenters. The maximum Gasteiger partial charge on any atom is 0.437 e. The number of alkyl halides is 3. The lowest BCUT2D eigenvalue weighted by Crippen LogP contribution is -2.57. The summed E-state index contributed by atoms with van der Waals surface area (Å²) in [5.41, 5.74) is -2.69. The van der Waals surface area contributed by atoms with Crippen molar-refractivity contribution < 1.29 is 56.1 Å². The molecule has 4 amide bonds. The molecule has 2 aromatic rings. The summed E-state index contributed by atoms with van der Waals surface area (Å²) in [4.78, 5) is 68.4. The number of rotatable bonds is 9. The number of halogens is 3. The monoisotopic (exact) mass is 972 g/mol. The number of carbonyl (C=O) groups excluding carboxylic acids is 5. The van der Waals surface area contributed by atoms with E-state index in [1.165, 1.54) is 38.0 Å². The molecule has 3 unspecified atom stereocenters. The average molecular weight is 972 g/mol. The van der Waals surface area contributed by atoms with Crippen LogP contribution in [0.15, 0.2) is 30.4 Å². The molecule has 14 nitrogen and oxygen atoms in total. The summed E-state index contributed by atoms with van der Waals surface area (Å²) >= 11 is 0. The zero-order chi connectivity index (χ0) is 51.7. The Hall–Kier alpha value is -5.37. The third kappa shape index (κ3) is 15.6. The van der Waals surface area contributed by atoms with E-state index in [9.17, 15) is 32.3 Å². The number of nitrogens with zero attached hydrogens (tertiary/aromatic N) is 2. The van der Waals surface area contributed by atoms with E-state index in [1.807, 2.05) is 32.8 Å². The van der Waals surface area contributed by atoms with Crippen molar-refractivity contribution in [1.29, 1.82) is 0 Å². The minimum absolute atomic E-state index is 0.0467. The number of ether oxygens (including phenoxy) is 4. The fourth-order valence-electron chi connectivity index (χ4n) is 8.80. The second-order valence-corrected chi connectivity index (χ2v) is 19.5. The third-order valence-corrected chi connectivity index (χ3v) is 12.7. The first-order valence-corrected chi connectivity index (χ1v) is 24.2. The van der Waals surface area contributed by atoms with Gasteiger partial charge in [-0.15, -0.1) is 12.8 Å². The molecule has 1 saturated heterocycles. The number of hydrogen-bond donors (Lipinski definition) is 3. The van der Waals surface area contributed by atoms with E-state index >= 15 is 0 Å². The lowest BCUT2D eigenvalue weighted by atomic mass is 9.80. The highest BCUT2D eigenvalue weighted by molar-refractivity contribution is 5.98. The molecule has 17 heteroatoms. The van der Waals surface area contributed by atoms with Gasteiger partial charge in [-0.2, -0.15) is 13.2 Å². The number of amides is 4. The molecular formula is C52H76F3N5O9. The quantitative estimate of drug-likeness (QED) is 0.125. The van der Waals surface area contributed by atoms with Crippen molar-refractivity contribution in [2.75, 3.05) is 40.5 Å². The molecule has 4 heterocycles. The van der Waals surface area contributed by atoms with Gasteiger partial charge in [-0.1, -0.05) is 73.5 Å². The minimum atomic E-state index is -4.88. The van der Waals surface area contributed by atoms with E-state index in [1.54, 1.807) is 19.1 Å². The summed E-state index contributed by atoms with van der Waals surface area (Å²) in [7, 11) is 2.94. The van der Waals surface area contributed by atoms with E-state index in [4.69, 9.17) is 23.7 Å². The van der Waals surface area contributed by atoms with Crippen molar-refractivity contribution in [2.45, 2.75) is 161 Å². The number of aromatic nitrogens is 1. The molecule has 3 N–H and O–H groups in total. The van der Waals surface area contributed by atoms with Gasteiger partial charge in [-0.3, -0.25) is 14.4 Å². The molecule has 1 aromatic heterocycles. The predicted octanol–water partition coefficient (Wildman–Crippen LogP) is 9.07. The number of terminal acetylenes is 1. The molecule has 1 spiro atoms. The van der Waals surface area contributed by atoms with Gasteiger partial charge in [0.1, 0.15) is 35.8 Å². The molecule has 2 aliphatic carbocycles. The zero-order valence-corrected chi connectivity index (χ0v) is 42.2. The normalized spacial score (nSPS) is 25.9. The van der Waals surface area contributed by atoms with Gasteiger partial charge in [-0.05, 0) is 93.2 Å². The van der Waals surface area contributed by atoms with Crippen molar-refractivity contribution in [3.63, 3.8) is 0 Å². The van der Waals surface area contributed by atoms with Crippen LogP contribution in [0.1, 0.15) is 143 Å². The average Bonchev–Trinajstić information content (AvgIpc) is 4.19. The summed E-state index contributed by atoms with van der Waals surface area (Å²) < 4.78 is 66.5. The van der Waals surface area contributed by atoms with Crippen LogP contribution in [-0.4, -0.2) is 104 Å². The fraction of sp³-hybridized carbons (Fsp3) is 0.654. The van der Waals surface area contributed by atoms with Gasteiger partial charge in [0.15, 0.2) is 11.4 Å². The Morgan fingerprint density at radius 1 is 1.04 bits per heavy atom. The van der Waals surface area contributed by atoms with Crippen LogP contribution in [0.2, 0.25) is 0 Å². The number of likely N-dealkylation sites (N-methyl/N-ethyl adjacent to an activating group) is 1. The maximum atomic E-state index is 14.7. The van der Waals surface area contributed by atoms with Crippen LogP contribution >= 0.6 is 0 Å². The van der Waals surface area contributed by atoms with E-state index in [0.29, 0.717) is 29.5 Å². The van der Waals surface area contributed by atoms with E-state index in [2.05, 4.69) is 61.5 Å². The Labute approximate surface area is 406 Å². The first kappa shape index (κ1) is 57.9. The number of benzene rings is 1. The van der Waals surface area contributed by atoms with Crippen LogP contribution in [0.5, 0.6) is 11.5 Å². The Morgan fingerprint density at radius 2 is 1.70 bits per heavy atom. The summed E-state index contributed by atoms with van der Waals surface area (Å²) in [6.45, 7) is 18.1. The Morgan fingerprint density at radius 3 is 2.26 bits per heavy atom. The van der Waals surface area contributed by atoms with Gasteiger partial charge in [0.2, 0.25) is 17.7 Å². The Bertz CT molecular complexity index is 2080. The van der Waals surface area contributed by atoms with Crippen molar-refractivity contribution in [3.05, 3.63) is 41.6 Å². The highest BCUT2D eigenvalue weighted by Gasteiger charge is 2.62. The van der Waals surface area contributed by atoms with Gasteiger partial charge >= 0.3 is 12.3 Å². The van der Waals surface area contributed by atoms with Gasteiger partial charge in [0.25, 0.3) is 0 Å². The van der Waals surface area contributed by atoms with Crippen LogP contribution < -0.4 is 25.4 Å². The smallest absolute Gasteiger partial charge is 0.437 e. The summed E-state index contributed by atoms with van der Waals surface area (Å²) in [5.74, 6) is -2.37. The van der Waals surface area contributed by atoms with Crippen molar-refractivity contribution in [1.82, 2.24) is 25.8 Å². The first-order valence-electron chi connectivity index (χ1n) is 24.2. The van der Waals surface area contributed by atoms with Gasteiger partial charge < -0.3 is 44.6 Å². The highest BCUT2D eigenvalue weighted by Crippen LogP contribution is 2.53. The van der Waals surface area contributed by atoms with Crippen LogP contribution in [-0.2, 0) is 34.8 Å². The summed E-state index contributed by atoms with van der Waals surface area (Å²) in [6.07, 6.45) is 14.9. The molecule has 3 fully saturated rings. The largest absolute Gasteiger partial charge is 0.497 e. The van der Waals surface area contributed by atoms with Crippen LogP contribution in [0.3, 0.4) is 0 Å². The molecule has 69 heavy (non-hydrogen) atoms. The SMILES string of the molecule is C#C.C=O.CC1(C)CC1.CCCOCCC.CNC(=O)C12C[C@H]1/C=C\CCCCC[C@H](NC(=O)OCC(C)C)C(=O)N1C[C@@]3(CC(C)c4c(c(C(F)(F)F)nc5ccc(OC)cc45)O3)CC1C(=O)N2. The number of alkyl carbamates (subject to hydrolysis) is 1. The van der Waals surface area contributed by atoms with Gasteiger partial charge in [0.05, 0.1) is 25.8 Å². The van der Waals surface area contributed by atoms with Crippen molar-refractivity contribution in [3.8, 4) is 24.3 Å². The lowest BCUT2D eigenvalue weighted by Gasteiger charge is -2.40. The Kier molecular flexibility index (Phi) is 21.8. The number of allylic oxidation sites excluding steroid dienone is 1. The van der Waals surface area contributed by atoms with E-state index < -0.39 is 64.7 Å². The van der Waals surface area contributed by atoms with Crippen LogP contribution in [0.25, 0.3) is 10.9 Å². The van der Waals surface area contributed by atoms with Crippen molar-refractivity contribution >= 4 is 41.5 Å². The molecule has 384 valence electrons. The standard InChI is InChI=1S/C38H48F3N5O7.C6H14O.C5H10.C2H2.CH2O/c1-21(2)19-52-35(50)44-27-12-10-8-6-7-9-11-23-17-37(23,34(49)42-4)45-32(47)28-18-36(20-46(28)33(27)48)16-22(3)29-25-15-24(51-5)13-14-26(25)43-31(30(29)53-36)38(39,40)41;1-3-5-7-6-4-2;1-5(2)3-4-5;2*1-2/h9,11,13-15,21-23,27-28H,6-8,10,12,16-20H2,1-5H3,(H,42,49)(H,44,50)(H,45,47);3-6H2,1-2H3;3-4H2,1-2H3;1-2H;1H2/b11-9-;;;;/t22?,23-,27+,28?,36-,37?;;;;/m1..../s1. The second kappa shape index (κ2) is 26.0. The lowest BCUT2D eigenvalue weighted by molar-refractivity contribution is -0.144. The molecule has 3 aliphatic heterocycles. The second-order valence-electron chi connectivity index (χ2n) is 19.5. The van der Waals surface area contributed by atoms with E-state index in [0.717, 1.165) is 50.7 Å². The summed E-state index contributed by atoms with van der Waals surface area (Å²) in [5, 5.41) is 8.70. The topological polar surface area (TPSA) is 174 Å². The highest BCUT2D eigenvalue weighted by atomic mass is 19.4. The van der Waals surface area contributed by atoms with E-state index in [-0.39, 0.29) is 55.7 Å². The van der Waals surface area contributed by atoms with Gasteiger partial charge in [-0.25, -0.2) is 9.78 Å². The third-order valence-electron chi connectivity index (χ3n) is 12.7. The maximum absolute atomic E-state index is 14.7. The predicted molar refractivity (Wildman–Crippen MR) is 260 cm³/mol. The number of fused-ring (bicyclic) bond motifs is 5. The molecule has 7 rings (SSSR count). The minimum Gasteiger partial charge on any atom is -0.497 e. The molecule has 0 radical (unpaired) electrons. The van der Waals surface area contributed by atoms with Crippen molar-refractivity contribution in [2.24, 2.45) is 17.3 Å². The molecule has 0 bridgehead atoms. The number of hydrogen-bond acceptors (Lipinski definition) is 10. The molecule has 5 aliphatic rings. The van der Waals surface area contributed by atoms with Gasteiger partial charge in [0, 0.05) is 43.5 Å². The molecule has 2 saturated carbocycles. The number of methoxy groups -OCH3 is 1. The Balaban J connectivity index is 0.000000680. The number of pyridine rings is 1. The molecular weight excluding hydrogens is 896 g/mol. The van der Waals surface area contributed by atoms with Crippen LogP contribution in [0, 0.1) is 30.1 Å². The summed E-state index contributed by atoms with van der Waals surface area (Å²) in [6, 6.07) is 2.32. The molecule has 1 aromatic carbocycles. The number of carbonyl (C=O) groups is 5. The first-order chi connectivity index (χ1) is 32.7. The fourth-order valence-corrected chi connectivity index (χ4v) is 8.80. The van der Waals surface area contributed by atoms with Crippen LogP contribution in [0.4, 0.5) is 18.0 Å².